The molecule has 0 aliphatic carbocycles. The average molecular weight is 552 g/mol. The van der Waals surface area contributed by atoms with Gasteiger partial charge in [-0.15, -0.1) is 0 Å². The first-order chi connectivity index (χ1) is 21.3. The molecule has 0 amide bonds. The van der Waals surface area contributed by atoms with Crippen LogP contribution in [0.4, 0.5) is 0 Å². The quantitative estimate of drug-likeness (QED) is 0.214. The summed E-state index contributed by atoms with van der Waals surface area (Å²) in [5, 5.41) is 2.15. The lowest BCUT2D eigenvalue weighted by atomic mass is 9.96. The first kappa shape index (κ1) is 24.9. The van der Waals surface area contributed by atoms with Crippen LogP contribution in [0.3, 0.4) is 0 Å². The third-order valence-corrected chi connectivity index (χ3v) is 7.76. The number of nitrogens with zero attached hydrogens (tertiary/aromatic N) is 3. The van der Waals surface area contributed by atoms with Gasteiger partial charge in [0.2, 0.25) is 0 Å². The molecule has 0 fully saturated rings. The normalized spacial score (nSPS) is 11.3. The van der Waals surface area contributed by atoms with Crippen LogP contribution in [-0.4, -0.2) is 15.0 Å². The van der Waals surface area contributed by atoms with Crippen LogP contribution in [0.15, 0.2) is 156 Å². The Morgan fingerprint density at radius 2 is 0.814 bits per heavy atom. The Labute approximate surface area is 249 Å². The maximum absolute atomic E-state index is 6.32. The number of furan rings is 1. The van der Waals surface area contributed by atoms with Crippen LogP contribution in [0.5, 0.6) is 0 Å². The summed E-state index contributed by atoms with van der Waals surface area (Å²) in [5.74, 6) is 1.83. The Hall–Kier alpha value is -5.87. The molecule has 0 radical (unpaired) electrons. The lowest BCUT2D eigenvalue weighted by Gasteiger charge is -2.13. The van der Waals surface area contributed by atoms with Gasteiger partial charge in [-0.2, -0.15) is 0 Å². The zero-order chi connectivity index (χ0) is 28.6. The summed E-state index contributed by atoms with van der Waals surface area (Å²) in [7, 11) is 0. The zero-order valence-electron chi connectivity index (χ0n) is 23.2. The molecule has 0 aliphatic heterocycles. The predicted molar refractivity (Wildman–Crippen MR) is 174 cm³/mol. The standard InChI is InChI=1S/C39H25N3O/c1-4-12-26(13-5-1)27-20-22-30(23-21-27)38-40-37(29-16-8-3-9-17-29)41-39(42-38)34-25-36-33(31-18-10-11-19-35(31)43-36)24-32(34)28-14-6-2-7-15-28/h1-25H. The summed E-state index contributed by atoms with van der Waals surface area (Å²) < 4.78 is 6.32. The molecule has 0 atom stereocenters. The van der Waals surface area contributed by atoms with Gasteiger partial charge in [0.05, 0.1) is 0 Å². The maximum Gasteiger partial charge on any atom is 0.164 e. The fraction of sp³-hybridized carbons (Fsp3) is 0. The van der Waals surface area contributed by atoms with Gasteiger partial charge in [0.25, 0.3) is 0 Å². The van der Waals surface area contributed by atoms with Gasteiger partial charge in [0, 0.05) is 27.5 Å². The van der Waals surface area contributed by atoms with Gasteiger partial charge in [-0.3, -0.25) is 0 Å². The van der Waals surface area contributed by atoms with Crippen molar-refractivity contribution in [3.63, 3.8) is 0 Å². The third-order valence-electron chi connectivity index (χ3n) is 7.76. The van der Waals surface area contributed by atoms with Crippen LogP contribution in [0, 0.1) is 0 Å². The molecule has 202 valence electrons. The van der Waals surface area contributed by atoms with Gasteiger partial charge in [0.1, 0.15) is 11.2 Å². The van der Waals surface area contributed by atoms with E-state index in [1.165, 1.54) is 5.56 Å². The van der Waals surface area contributed by atoms with E-state index in [2.05, 4.69) is 91.0 Å². The van der Waals surface area contributed by atoms with Crippen LogP contribution in [0.1, 0.15) is 0 Å². The van der Waals surface area contributed by atoms with Crippen LogP contribution in [0.2, 0.25) is 0 Å². The van der Waals surface area contributed by atoms with E-state index < -0.39 is 0 Å². The molecule has 6 aromatic carbocycles. The smallest absolute Gasteiger partial charge is 0.164 e. The summed E-state index contributed by atoms with van der Waals surface area (Å²) in [6.07, 6.45) is 0. The Morgan fingerprint density at radius 3 is 1.49 bits per heavy atom. The molecule has 4 heteroatoms. The molecule has 2 aromatic heterocycles. The molecule has 0 N–H and O–H groups in total. The summed E-state index contributed by atoms with van der Waals surface area (Å²) in [5.41, 5.74) is 8.83. The molecule has 0 saturated carbocycles. The van der Waals surface area contributed by atoms with Crippen molar-refractivity contribution in [2.75, 3.05) is 0 Å². The van der Waals surface area contributed by atoms with Crippen molar-refractivity contribution >= 4 is 21.9 Å². The molecular formula is C39H25N3O. The van der Waals surface area contributed by atoms with Gasteiger partial charge in [-0.25, -0.2) is 15.0 Å². The first-order valence-corrected chi connectivity index (χ1v) is 14.3. The topological polar surface area (TPSA) is 51.8 Å². The van der Waals surface area contributed by atoms with E-state index in [9.17, 15) is 0 Å². The average Bonchev–Trinajstić information content (AvgIpc) is 3.46. The summed E-state index contributed by atoms with van der Waals surface area (Å²) in [6.45, 7) is 0. The van der Waals surface area contributed by atoms with Crippen LogP contribution in [-0.2, 0) is 0 Å². The lowest BCUT2D eigenvalue weighted by Crippen LogP contribution is -2.01. The molecule has 8 aromatic rings. The van der Waals surface area contributed by atoms with E-state index >= 15 is 0 Å². The number of rotatable bonds is 5. The lowest BCUT2D eigenvalue weighted by molar-refractivity contribution is 0.669. The van der Waals surface area contributed by atoms with Gasteiger partial charge < -0.3 is 4.42 Å². The maximum atomic E-state index is 6.32. The highest BCUT2D eigenvalue weighted by Gasteiger charge is 2.19. The Kier molecular flexibility index (Phi) is 6.08. The van der Waals surface area contributed by atoms with E-state index in [1.54, 1.807) is 0 Å². The van der Waals surface area contributed by atoms with Crippen molar-refractivity contribution in [3.8, 4) is 56.4 Å². The van der Waals surface area contributed by atoms with E-state index in [0.717, 1.165) is 55.3 Å². The Balaban J connectivity index is 1.35. The summed E-state index contributed by atoms with van der Waals surface area (Å²) in [4.78, 5) is 15.1. The largest absolute Gasteiger partial charge is 0.456 e. The molecule has 0 aliphatic rings. The highest BCUT2D eigenvalue weighted by Crippen LogP contribution is 2.39. The van der Waals surface area contributed by atoms with Crippen molar-refractivity contribution < 1.29 is 4.42 Å². The first-order valence-electron chi connectivity index (χ1n) is 14.3. The predicted octanol–water partition coefficient (Wildman–Crippen LogP) is 10.1. The number of hydrogen-bond donors (Lipinski definition) is 0. The molecule has 43 heavy (non-hydrogen) atoms. The summed E-state index contributed by atoms with van der Waals surface area (Å²) in [6, 6.07) is 51.6. The second-order valence-electron chi connectivity index (χ2n) is 10.5. The molecule has 0 unspecified atom stereocenters. The van der Waals surface area contributed by atoms with Gasteiger partial charge >= 0.3 is 0 Å². The van der Waals surface area contributed by atoms with Crippen LogP contribution >= 0.6 is 0 Å². The van der Waals surface area contributed by atoms with Crippen molar-refractivity contribution in [2.45, 2.75) is 0 Å². The highest BCUT2D eigenvalue weighted by atomic mass is 16.3. The Bertz CT molecular complexity index is 2210. The summed E-state index contributed by atoms with van der Waals surface area (Å²) >= 11 is 0. The minimum absolute atomic E-state index is 0.595. The van der Waals surface area contributed by atoms with Crippen molar-refractivity contribution in [1.29, 1.82) is 0 Å². The minimum Gasteiger partial charge on any atom is -0.456 e. The molecule has 8 rings (SSSR count). The molecule has 0 saturated heterocycles. The van der Waals surface area contributed by atoms with Crippen molar-refractivity contribution in [3.05, 3.63) is 152 Å². The van der Waals surface area contributed by atoms with Crippen LogP contribution < -0.4 is 0 Å². The van der Waals surface area contributed by atoms with Crippen LogP contribution in [0.25, 0.3) is 78.4 Å². The van der Waals surface area contributed by atoms with E-state index in [1.807, 2.05) is 60.7 Å². The van der Waals surface area contributed by atoms with Crippen molar-refractivity contribution in [1.82, 2.24) is 15.0 Å². The molecule has 2 heterocycles. The van der Waals surface area contributed by atoms with E-state index in [0.29, 0.717) is 17.5 Å². The van der Waals surface area contributed by atoms with Crippen molar-refractivity contribution in [2.24, 2.45) is 0 Å². The Morgan fingerprint density at radius 1 is 0.326 bits per heavy atom. The molecular weight excluding hydrogens is 526 g/mol. The van der Waals surface area contributed by atoms with E-state index in [4.69, 9.17) is 19.4 Å². The fourth-order valence-corrected chi connectivity index (χ4v) is 5.60. The van der Waals surface area contributed by atoms with Gasteiger partial charge in [-0.05, 0) is 40.5 Å². The zero-order valence-corrected chi connectivity index (χ0v) is 23.2. The minimum atomic E-state index is 0.595. The number of fused-ring (bicyclic) bond motifs is 3. The SMILES string of the molecule is c1ccc(-c2ccc(-c3nc(-c4ccccc4)nc(-c4cc5oc6ccccc6c5cc4-c4ccccc4)n3)cc2)cc1. The van der Waals surface area contributed by atoms with E-state index in [-0.39, 0.29) is 0 Å². The number of benzene rings is 6. The number of hydrogen-bond acceptors (Lipinski definition) is 4. The van der Waals surface area contributed by atoms with Gasteiger partial charge in [0.15, 0.2) is 17.5 Å². The number of aromatic nitrogens is 3. The molecule has 0 bridgehead atoms. The highest BCUT2D eigenvalue weighted by molar-refractivity contribution is 6.08. The monoisotopic (exact) mass is 551 g/mol. The van der Waals surface area contributed by atoms with Gasteiger partial charge in [-0.1, -0.05) is 133 Å². The third kappa shape index (κ3) is 4.65. The molecule has 4 nitrogen and oxygen atoms in total. The number of para-hydroxylation sites is 1. The second kappa shape index (κ2) is 10.5. The fourth-order valence-electron chi connectivity index (χ4n) is 5.60. The molecule has 0 spiro atoms. The second-order valence-corrected chi connectivity index (χ2v) is 10.5.